The quantitative estimate of drug-likeness (QED) is 0.594. The fourth-order valence-electron chi connectivity index (χ4n) is 3.23. The summed E-state index contributed by atoms with van der Waals surface area (Å²) in [5.74, 6) is -0.100. The van der Waals surface area contributed by atoms with Gasteiger partial charge in [-0.15, -0.1) is 0 Å². The SMILES string of the molecule is COCc1nc(-c2ccc(-c3ccc(N4C[C@H](CNC(C)=O)OC4=O)cc3F)cn2)no1. The minimum absolute atomic E-state index is 0.196. The van der Waals surface area contributed by atoms with Gasteiger partial charge in [0.2, 0.25) is 11.7 Å². The lowest BCUT2D eigenvalue weighted by Gasteiger charge is -2.14. The Kier molecular flexibility index (Phi) is 6.08. The standard InChI is InChI=1S/C21H20FN5O5/c1-12(28)23-9-15-10-27(21(29)31-15)14-4-5-16(17(22)7-14)13-3-6-18(24-8-13)20-25-19(11-30-2)32-26-20/h3-8,15H,9-11H2,1-2H3,(H,23,28)/t15-/m0/s1. The third kappa shape index (κ3) is 4.57. The molecular weight excluding hydrogens is 421 g/mol. The minimum Gasteiger partial charge on any atom is -0.442 e. The highest BCUT2D eigenvalue weighted by molar-refractivity contribution is 5.90. The number of ether oxygens (including phenoxy) is 2. The van der Waals surface area contributed by atoms with Crippen LogP contribution in [-0.2, 0) is 20.9 Å². The number of nitrogens with one attached hydrogen (secondary N) is 1. The van der Waals surface area contributed by atoms with Gasteiger partial charge in [0.1, 0.15) is 24.2 Å². The Hall–Kier alpha value is -3.86. The molecule has 0 unspecified atom stereocenters. The van der Waals surface area contributed by atoms with Crippen LogP contribution in [0.25, 0.3) is 22.6 Å². The number of hydrogen-bond acceptors (Lipinski definition) is 8. The molecule has 1 aromatic carbocycles. The minimum atomic E-state index is -0.591. The molecular formula is C21H20FN5O5. The van der Waals surface area contributed by atoms with E-state index < -0.39 is 18.0 Å². The van der Waals surface area contributed by atoms with Gasteiger partial charge in [-0.1, -0.05) is 11.2 Å². The first-order valence-corrected chi connectivity index (χ1v) is 9.75. The Labute approximate surface area is 182 Å². The number of rotatable bonds is 7. The van der Waals surface area contributed by atoms with Crippen molar-refractivity contribution in [2.75, 3.05) is 25.1 Å². The fraction of sp³-hybridized carbons (Fsp3) is 0.286. The van der Waals surface area contributed by atoms with Crippen LogP contribution in [0.1, 0.15) is 12.8 Å². The van der Waals surface area contributed by atoms with Gasteiger partial charge < -0.3 is 19.3 Å². The van der Waals surface area contributed by atoms with Gasteiger partial charge in [-0.2, -0.15) is 4.98 Å². The number of aromatic nitrogens is 3. The van der Waals surface area contributed by atoms with Crippen LogP contribution in [0.2, 0.25) is 0 Å². The van der Waals surface area contributed by atoms with Gasteiger partial charge in [-0.25, -0.2) is 9.18 Å². The molecule has 10 nitrogen and oxygen atoms in total. The number of carbonyl (C=O) groups excluding carboxylic acids is 2. The molecule has 0 radical (unpaired) electrons. The van der Waals surface area contributed by atoms with E-state index in [1.807, 2.05) is 0 Å². The van der Waals surface area contributed by atoms with Crippen molar-refractivity contribution in [1.29, 1.82) is 0 Å². The number of cyclic esters (lactones) is 1. The maximum Gasteiger partial charge on any atom is 0.414 e. The fourth-order valence-corrected chi connectivity index (χ4v) is 3.23. The summed E-state index contributed by atoms with van der Waals surface area (Å²) in [6, 6.07) is 7.82. The molecule has 0 aliphatic carbocycles. The van der Waals surface area contributed by atoms with Gasteiger partial charge in [-0.05, 0) is 24.3 Å². The molecule has 1 fully saturated rings. The smallest absolute Gasteiger partial charge is 0.414 e. The second-order valence-corrected chi connectivity index (χ2v) is 7.09. The lowest BCUT2D eigenvalue weighted by Crippen LogP contribution is -2.33. The summed E-state index contributed by atoms with van der Waals surface area (Å²) in [5.41, 5.74) is 1.71. The predicted octanol–water partition coefficient (Wildman–Crippen LogP) is 2.55. The maximum atomic E-state index is 14.9. The van der Waals surface area contributed by atoms with Gasteiger partial charge in [-0.3, -0.25) is 14.7 Å². The van der Waals surface area contributed by atoms with E-state index in [2.05, 4.69) is 20.4 Å². The molecule has 3 heterocycles. The molecule has 32 heavy (non-hydrogen) atoms. The Morgan fingerprint density at radius 1 is 1.34 bits per heavy atom. The normalized spacial score (nSPS) is 15.7. The van der Waals surface area contributed by atoms with Crippen LogP contribution in [0.4, 0.5) is 14.9 Å². The Morgan fingerprint density at radius 3 is 2.88 bits per heavy atom. The Bertz CT molecular complexity index is 1130. The van der Waals surface area contributed by atoms with Crippen LogP contribution in [-0.4, -0.2) is 53.4 Å². The molecule has 11 heteroatoms. The highest BCUT2D eigenvalue weighted by Gasteiger charge is 2.32. The molecule has 2 amide bonds. The van der Waals surface area contributed by atoms with Crippen LogP contribution >= 0.6 is 0 Å². The number of carbonyl (C=O) groups is 2. The van der Waals surface area contributed by atoms with Crippen LogP contribution in [0.3, 0.4) is 0 Å². The van der Waals surface area contributed by atoms with Gasteiger partial charge in [0.05, 0.1) is 18.8 Å². The average molecular weight is 441 g/mol. The van der Waals surface area contributed by atoms with Crippen molar-refractivity contribution >= 4 is 17.7 Å². The second-order valence-electron chi connectivity index (χ2n) is 7.09. The van der Waals surface area contributed by atoms with E-state index in [9.17, 15) is 14.0 Å². The molecule has 1 saturated heterocycles. The monoisotopic (exact) mass is 441 g/mol. The first-order valence-electron chi connectivity index (χ1n) is 9.75. The van der Waals surface area contributed by atoms with E-state index in [1.165, 1.54) is 31.2 Å². The van der Waals surface area contributed by atoms with Gasteiger partial charge in [0, 0.05) is 31.4 Å². The molecule has 3 aromatic rings. The number of halogens is 1. The number of anilines is 1. The molecule has 1 aliphatic heterocycles. The van der Waals surface area contributed by atoms with E-state index in [0.717, 1.165) is 0 Å². The van der Waals surface area contributed by atoms with Crippen molar-refractivity contribution in [3.05, 3.63) is 48.2 Å². The molecule has 0 bridgehead atoms. The van der Waals surface area contributed by atoms with Gasteiger partial charge in [0.15, 0.2) is 0 Å². The summed E-state index contributed by atoms with van der Waals surface area (Å²) >= 11 is 0. The summed E-state index contributed by atoms with van der Waals surface area (Å²) < 4.78 is 30.1. The first kappa shape index (κ1) is 21.4. The zero-order chi connectivity index (χ0) is 22.7. The third-order valence-electron chi connectivity index (χ3n) is 4.76. The Balaban J connectivity index is 1.48. The van der Waals surface area contributed by atoms with Crippen LogP contribution in [0, 0.1) is 5.82 Å². The van der Waals surface area contributed by atoms with E-state index in [4.69, 9.17) is 14.0 Å². The first-order chi connectivity index (χ1) is 15.4. The number of amides is 2. The molecule has 1 N–H and O–H groups in total. The zero-order valence-corrected chi connectivity index (χ0v) is 17.4. The molecule has 1 aliphatic rings. The molecule has 0 spiro atoms. The average Bonchev–Trinajstić information content (AvgIpc) is 3.39. The van der Waals surface area contributed by atoms with Crippen LogP contribution < -0.4 is 10.2 Å². The van der Waals surface area contributed by atoms with Crippen LogP contribution in [0.5, 0.6) is 0 Å². The lowest BCUT2D eigenvalue weighted by atomic mass is 10.1. The van der Waals surface area contributed by atoms with Crippen LogP contribution in [0.15, 0.2) is 41.1 Å². The summed E-state index contributed by atoms with van der Waals surface area (Å²) in [4.78, 5) is 33.0. The highest BCUT2D eigenvalue weighted by Crippen LogP contribution is 2.29. The molecule has 1 atom stereocenters. The van der Waals surface area contributed by atoms with E-state index in [-0.39, 0.29) is 25.6 Å². The number of nitrogens with zero attached hydrogens (tertiary/aromatic N) is 4. The molecule has 4 rings (SSSR count). The number of hydrogen-bond donors (Lipinski definition) is 1. The van der Waals surface area contributed by atoms with Crippen molar-refractivity contribution in [1.82, 2.24) is 20.4 Å². The molecule has 2 aromatic heterocycles. The number of pyridine rings is 1. The molecule has 0 saturated carbocycles. The van der Waals surface area contributed by atoms with Crippen molar-refractivity contribution in [2.45, 2.75) is 19.6 Å². The van der Waals surface area contributed by atoms with Crippen molar-refractivity contribution in [3.63, 3.8) is 0 Å². The lowest BCUT2D eigenvalue weighted by molar-refractivity contribution is -0.119. The van der Waals surface area contributed by atoms with E-state index in [0.29, 0.717) is 34.2 Å². The highest BCUT2D eigenvalue weighted by atomic mass is 19.1. The summed E-state index contributed by atoms with van der Waals surface area (Å²) in [7, 11) is 1.52. The third-order valence-corrected chi connectivity index (χ3v) is 4.76. The Morgan fingerprint density at radius 2 is 2.19 bits per heavy atom. The topological polar surface area (TPSA) is 120 Å². The molecule has 166 valence electrons. The maximum absolute atomic E-state index is 14.9. The largest absolute Gasteiger partial charge is 0.442 e. The zero-order valence-electron chi connectivity index (χ0n) is 17.4. The van der Waals surface area contributed by atoms with Gasteiger partial charge >= 0.3 is 6.09 Å². The summed E-state index contributed by atoms with van der Waals surface area (Å²) in [5, 5.41) is 6.44. The summed E-state index contributed by atoms with van der Waals surface area (Å²) in [6.45, 7) is 1.99. The van der Waals surface area contributed by atoms with Crippen molar-refractivity contribution in [2.24, 2.45) is 0 Å². The summed E-state index contributed by atoms with van der Waals surface area (Å²) in [6.07, 6.45) is 0.416. The number of benzene rings is 1. The number of methoxy groups -OCH3 is 1. The van der Waals surface area contributed by atoms with Crippen molar-refractivity contribution < 1.29 is 28.0 Å². The van der Waals surface area contributed by atoms with E-state index in [1.54, 1.807) is 24.3 Å². The van der Waals surface area contributed by atoms with Gasteiger partial charge in [0.25, 0.3) is 5.89 Å². The van der Waals surface area contributed by atoms with E-state index >= 15 is 0 Å². The van der Waals surface area contributed by atoms with Crippen molar-refractivity contribution in [3.8, 4) is 22.6 Å². The predicted molar refractivity (Wildman–Crippen MR) is 110 cm³/mol. The second kappa shape index (κ2) is 9.10.